The van der Waals surface area contributed by atoms with Crippen LogP contribution in [0.15, 0.2) is 0 Å². The van der Waals surface area contributed by atoms with E-state index in [4.69, 9.17) is 0 Å². The van der Waals surface area contributed by atoms with E-state index in [0.29, 0.717) is 17.1 Å². The molecule has 2 saturated carbocycles. The van der Waals surface area contributed by atoms with Crippen molar-refractivity contribution in [2.75, 3.05) is 0 Å². The van der Waals surface area contributed by atoms with Crippen molar-refractivity contribution in [3.63, 3.8) is 0 Å². The Morgan fingerprint density at radius 2 is 1.61 bits per heavy atom. The van der Waals surface area contributed by atoms with Gasteiger partial charge in [0.15, 0.2) is 0 Å². The second-order valence-corrected chi connectivity index (χ2v) is 7.45. The second kappa shape index (κ2) is 6.21. The van der Waals surface area contributed by atoms with Crippen molar-refractivity contribution in [3.8, 4) is 0 Å². The van der Waals surface area contributed by atoms with Crippen molar-refractivity contribution in [2.45, 2.75) is 84.5 Å². The largest absolute Gasteiger partial charge is 0.299 e. The molecule has 0 unspecified atom stereocenters. The van der Waals surface area contributed by atoms with Crippen molar-refractivity contribution < 1.29 is 4.79 Å². The molecule has 1 nitrogen and oxygen atoms in total. The number of hydrogen-bond acceptors (Lipinski definition) is 1. The van der Waals surface area contributed by atoms with Crippen molar-refractivity contribution in [1.82, 2.24) is 0 Å². The van der Waals surface area contributed by atoms with E-state index in [1.165, 1.54) is 51.4 Å². The SMILES string of the molecule is CC1(C)CCC(C(=O)CCC2CCCCC2)CC1. The van der Waals surface area contributed by atoms with Gasteiger partial charge in [-0.15, -0.1) is 0 Å². The van der Waals surface area contributed by atoms with Crippen LogP contribution in [0.3, 0.4) is 0 Å². The van der Waals surface area contributed by atoms with Crippen LogP contribution >= 0.6 is 0 Å². The molecule has 0 aliphatic heterocycles. The van der Waals surface area contributed by atoms with Crippen LogP contribution in [0.5, 0.6) is 0 Å². The smallest absolute Gasteiger partial charge is 0.135 e. The minimum atomic E-state index is 0.404. The van der Waals surface area contributed by atoms with Gasteiger partial charge < -0.3 is 0 Å². The Kier molecular flexibility index (Phi) is 4.86. The summed E-state index contributed by atoms with van der Waals surface area (Å²) in [6.07, 6.45) is 13.8. The summed E-state index contributed by atoms with van der Waals surface area (Å²) in [5.74, 6) is 1.85. The number of carbonyl (C=O) groups excluding carboxylic acids is 1. The predicted octanol–water partition coefficient (Wildman–Crippen LogP) is 5.13. The van der Waals surface area contributed by atoms with E-state index in [2.05, 4.69) is 13.8 Å². The molecule has 0 spiro atoms. The van der Waals surface area contributed by atoms with Gasteiger partial charge in [0, 0.05) is 12.3 Å². The lowest BCUT2D eigenvalue weighted by Crippen LogP contribution is -2.26. The Hall–Kier alpha value is -0.330. The minimum absolute atomic E-state index is 0.404. The highest BCUT2D eigenvalue weighted by Gasteiger charge is 2.30. The maximum absolute atomic E-state index is 12.3. The van der Waals surface area contributed by atoms with Gasteiger partial charge in [0.05, 0.1) is 0 Å². The maximum Gasteiger partial charge on any atom is 0.135 e. The first-order chi connectivity index (χ1) is 8.57. The predicted molar refractivity (Wildman–Crippen MR) is 76.6 cm³/mol. The van der Waals surface area contributed by atoms with Gasteiger partial charge in [-0.3, -0.25) is 4.79 Å². The molecule has 104 valence electrons. The third-order valence-corrected chi connectivity index (χ3v) is 5.32. The lowest BCUT2D eigenvalue weighted by Gasteiger charge is -2.33. The molecule has 1 heteroatoms. The standard InChI is InChI=1S/C17H30O/c1-17(2)12-10-15(11-13-17)16(18)9-8-14-6-4-3-5-7-14/h14-15H,3-13H2,1-2H3. The van der Waals surface area contributed by atoms with Gasteiger partial charge in [-0.1, -0.05) is 46.0 Å². The van der Waals surface area contributed by atoms with E-state index in [1.54, 1.807) is 0 Å². The summed E-state index contributed by atoms with van der Waals surface area (Å²) in [5, 5.41) is 0. The molecule has 18 heavy (non-hydrogen) atoms. The van der Waals surface area contributed by atoms with Gasteiger partial charge in [0.25, 0.3) is 0 Å². The lowest BCUT2D eigenvalue weighted by atomic mass is 9.71. The Balaban J connectivity index is 1.68. The second-order valence-electron chi connectivity index (χ2n) is 7.45. The number of ketones is 1. The number of Topliss-reactive ketones (excluding diaryl/α,β-unsaturated/α-hetero) is 1. The monoisotopic (exact) mass is 250 g/mol. The molecule has 0 N–H and O–H groups in total. The molecule has 2 aliphatic carbocycles. The van der Waals surface area contributed by atoms with Crippen molar-refractivity contribution in [1.29, 1.82) is 0 Å². The van der Waals surface area contributed by atoms with Crippen molar-refractivity contribution in [2.24, 2.45) is 17.3 Å². The molecule has 2 rings (SSSR count). The Labute approximate surface area is 113 Å². The summed E-state index contributed by atoms with van der Waals surface area (Å²) in [7, 11) is 0. The lowest BCUT2D eigenvalue weighted by molar-refractivity contribution is -0.124. The van der Waals surface area contributed by atoms with Crippen LogP contribution in [0.2, 0.25) is 0 Å². The zero-order chi connectivity index (χ0) is 13.0. The number of hydrogen-bond donors (Lipinski definition) is 0. The summed E-state index contributed by atoms with van der Waals surface area (Å²) in [4.78, 5) is 12.3. The Morgan fingerprint density at radius 1 is 1.00 bits per heavy atom. The van der Waals surface area contributed by atoms with Crippen LogP contribution in [0.4, 0.5) is 0 Å². The van der Waals surface area contributed by atoms with Crippen molar-refractivity contribution in [3.05, 3.63) is 0 Å². The minimum Gasteiger partial charge on any atom is -0.299 e. The van der Waals surface area contributed by atoms with Crippen LogP contribution < -0.4 is 0 Å². The van der Waals surface area contributed by atoms with E-state index >= 15 is 0 Å². The number of rotatable bonds is 4. The molecule has 0 radical (unpaired) electrons. The molecule has 0 amide bonds. The van der Waals surface area contributed by atoms with Crippen molar-refractivity contribution >= 4 is 5.78 Å². The van der Waals surface area contributed by atoms with Gasteiger partial charge in [0.2, 0.25) is 0 Å². The fourth-order valence-corrected chi connectivity index (χ4v) is 3.75. The van der Waals surface area contributed by atoms with E-state index in [-0.39, 0.29) is 0 Å². The molecule has 0 bridgehead atoms. The highest BCUT2D eigenvalue weighted by molar-refractivity contribution is 5.81. The van der Waals surface area contributed by atoms with E-state index in [1.807, 2.05) is 0 Å². The van der Waals surface area contributed by atoms with Crippen LogP contribution in [-0.2, 0) is 4.79 Å². The van der Waals surface area contributed by atoms with E-state index in [9.17, 15) is 4.79 Å². The average molecular weight is 250 g/mol. The first kappa shape index (κ1) is 14.1. The summed E-state index contributed by atoms with van der Waals surface area (Å²) in [5.41, 5.74) is 0.486. The first-order valence-corrected chi connectivity index (χ1v) is 8.09. The molecular weight excluding hydrogens is 220 g/mol. The van der Waals surface area contributed by atoms with Crippen LogP contribution in [0, 0.1) is 17.3 Å². The zero-order valence-electron chi connectivity index (χ0n) is 12.3. The maximum atomic E-state index is 12.3. The van der Waals surface area contributed by atoms with Gasteiger partial charge in [-0.25, -0.2) is 0 Å². The van der Waals surface area contributed by atoms with Gasteiger partial charge in [-0.05, 0) is 43.4 Å². The third kappa shape index (κ3) is 4.10. The van der Waals surface area contributed by atoms with Crippen LogP contribution in [0.1, 0.15) is 84.5 Å². The Bertz CT molecular complexity index is 263. The summed E-state index contributed by atoms with van der Waals surface area (Å²) >= 11 is 0. The van der Waals surface area contributed by atoms with Gasteiger partial charge in [-0.2, -0.15) is 0 Å². The van der Waals surface area contributed by atoms with E-state index in [0.717, 1.165) is 25.2 Å². The first-order valence-electron chi connectivity index (χ1n) is 8.09. The Morgan fingerprint density at radius 3 is 2.22 bits per heavy atom. The van der Waals surface area contributed by atoms with Gasteiger partial charge >= 0.3 is 0 Å². The number of carbonyl (C=O) groups is 1. The quantitative estimate of drug-likeness (QED) is 0.675. The zero-order valence-corrected chi connectivity index (χ0v) is 12.3. The van der Waals surface area contributed by atoms with E-state index < -0.39 is 0 Å². The highest BCUT2D eigenvalue weighted by atomic mass is 16.1. The fourth-order valence-electron chi connectivity index (χ4n) is 3.75. The summed E-state index contributed by atoms with van der Waals surface area (Å²) in [6, 6.07) is 0. The average Bonchev–Trinajstić information content (AvgIpc) is 2.37. The molecule has 2 aliphatic rings. The topological polar surface area (TPSA) is 17.1 Å². The molecule has 2 fully saturated rings. The molecule has 0 aromatic rings. The molecule has 0 atom stereocenters. The highest BCUT2D eigenvalue weighted by Crippen LogP contribution is 2.39. The molecular formula is C17H30O. The molecule has 0 heterocycles. The fraction of sp³-hybridized carbons (Fsp3) is 0.941. The van der Waals surface area contributed by atoms with Crippen LogP contribution in [0.25, 0.3) is 0 Å². The molecule has 0 aromatic heterocycles. The van der Waals surface area contributed by atoms with Gasteiger partial charge in [0.1, 0.15) is 5.78 Å². The third-order valence-electron chi connectivity index (χ3n) is 5.32. The van der Waals surface area contributed by atoms with Crippen LogP contribution in [-0.4, -0.2) is 5.78 Å². The summed E-state index contributed by atoms with van der Waals surface area (Å²) < 4.78 is 0. The molecule has 0 aromatic carbocycles. The normalized spacial score (nSPS) is 26.1. The molecule has 0 saturated heterocycles. The summed E-state index contributed by atoms with van der Waals surface area (Å²) in [6.45, 7) is 4.69.